The van der Waals surface area contributed by atoms with Crippen LogP contribution in [-0.2, 0) is 22.7 Å². The Labute approximate surface area is 185 Å². The highest BCUT2D eigenvalue weighted by Crippen LogP contribution is 2.31. The molecule has 0 atom stereocenters. The molecule has 0 bridgehead atoms. The third-order valence-corrected chi connectivity index (χ3v) is 7.02. The third-order valence-electron chi connectivity index (χ3n) is 7.02. The van der Waals surface area contributed by atoms with E-state index in [9.17, 15) is 9.59 Å². The van der Waals surface area contributed by atoms with Gasteiger partial charge in [0.15, 0.2) is 0 Å². The summed E-state index contributed by atoms with van der Waals surface area (Å²) in [6, 6.07) is 8.70. The molecule has 2 amide bonds. The van der Waals surface area contributed by atoms with Crippen LogP contribution in [0, 0.1) is 0 Å². The molecule has 4 rings (SSSR count). The fraction of sp³-hybridized carbons (Fsp3) is 0.640. The van der Waals surface area contributed by atoms with E-state index in [-0.39, 0.29) is 11.8 Å². The number of rotatable bonds is 7. The highest BCUT2D eigenvalue weighted by Gasteiger charge is 2.33. The quantitative estimate of drug-likeness (QED) is 0.709. The van der Waals surface area contributed by atoms with Gasteiger partial charge in [-0.25, -0.2) is 4.98 Å². The number of hydrogen-bond donors (Lipinski definition) is 1. The van der Waals surface area contributed by atoms with Crippen LogP contribution >= 0.6 is 0 Å². The second kappa shape index (κ2) is 10.3. The maximum Gasteiger partial charge on any atom is 0.243 e. The molecule has 2 aliphatic carbocycles. The highest BCUT2D eigenvalue weighted by molar-refractivity contribution is 5.82. The van der Waals surface area contributed by atoms with Gasteiger partial charge in [-0.2, -0.15) is 0 Å². The van der Waals surface area contributed by atoms with E-state index in [0.29, 0.717) is 31.6 Å². The van der Waals surface area contributed by atoms with E-state index in [2.05, 4.69) is 10.2 Å². The lowest BCUT2D eigenvalue weighted by Gasteiger charge is -2.42. The number of benzene rings is 1. The average Bonchev–Trinajstić information content (AvgIpc) is 3.16. The molecule has 6 nitrogen and oxygen atoms in total. The number of fused-ring (bicyclic) bond motifs is 1. The van der Waals surface area contributed by atoms with Gasteiger partial charge in [-0.15, -0.1) is 0 Å². The van der Waals surface area contributed by atoms with Crippen molar-refractivity contribution in [3.63, 3.8) is 0 Å². The first kappa shape index (κ1) is 21.8. The molecule has 1 heterocycles. The molecule has 1 aromatic carbocycles. The van der Waals surface area contributed by atoms with E-state index in [1.54, 1.807) is 0 Å². The van der Waals surface area contributed by atoms with Gasteiger partial charge in [-0.1, -0.05) is 57.6 Å². The van der Waals surface area contributed by atoms with Crippen LogP contribution in [0.15, 0.2) is 24.3 Å². The highest BCUT2D eigenvalue weighted by atomic mass is 16.2. The lowest BCUT2D eigenvalue weighted by Crippen LogP contribution is -2.50. The van der Waals surface area contributed by atoms with Crippen molar-refractivity contribution >= 4 is 22.8 Å². The predicted molar refractivity (Wildman–Crippen MR) is 122 cm³/mol. The third kappa shape index (κ3) is 5.10. The zero-order valence-corrected chi connectivity index (χ0v) is 18.8. The number of para-hydroxylation sites is 2. The Morgan fingerprint density at radius 3 is 2.23 bits per heavy atom. The van der Waals surface area contributed by atoms with E-state index in [1.165, 1.54) is 38.5 Å². The van der Waals surface area contributed by atoms with Gasteiger partial charge >= 0.3 is 0 Å². The summed E-state index contributed by atoms with van der Waals surface area (Å²) in [5.74, 6) is 0.963. The fourth-order valence-electron chi connectivity index (χ4n) is 5.38. The van der Waals surface area contributed by atoms with Crippen LogP contribution in [0.2, 0.25) is 0 Å². The van der Waals surface area contributed by atoms with Crippen LogP contribution < -0.4 is 5.32 Å². The van der Waals surface area contributed by atoms with Crippen molar-refractivity contribution in [3.05, 3.63) is 30.1 Å². The molecular weight excluding hydrogens is 388 g/mol. The number of hydrogen-bond acceptors (Lipinski definition) is 3. The zero-order valence-electron chi connectivity index (χ0n) is 18.8. The first-order chi connectivity index (χ1) is 15.2. The average molecular weight is 425 g/mol. The van der Waals surface area contributed by atoms with E-state index in [0.717, 1.165) is 42.5 Å². The predicted octanol–water partition coefficient (Wildman–Crippen LogP) is 4.56. The van der Waals surface area contributed by atoms with Crippen LogP contribution in [0.4, 0.5) is 0 Å². The van der Waals surface area contributed by atoms with Gasteiger partial charge in [0.2, 0.25) is 11.8 Å². The van der Waals surface area contributed by atoms with Crippen LogP contribution in [0.3, 0.4) is 0 Å². The number of nitrogens with zero attached hydrogens (tertiary/aromatic N) is 3. The molecule has 2 saturated carbocycles. The normalized spacial score (nSPS) is 18.2. The number of nitrogens with one attached hydrogen (secondary N) is 1. The van der Waals surface area contributed by atoms with E-state index < -0.39 is 0 Å². The topological polar surface area (TPSA) is 67.2 Å². The Kier molecular flexibility index (Phi) is 7.25. The molecule has 168 valence electrons. The van der Waals surface area contributed by atoms with Crippen molar-refractivity contribution in [1.29, 1.82) is 0 Å². The van der Waals surface area contributed by atoms with Gasteiger partial charge in [0.25, 0.3) is 0 Å². The number of imidazole rings is 1. The van der Waals surface area contributed by atoms with E-state index >= 15 is 0 Å². The van der Waals surface area contributed by atoms with Crippen molar-refractivity contribution < 1.29 is 9.59 Å². The molecular formula is C25H36N4O2. The summed E-state index contributed by atoms with van der Waals surface area (Å²) in [6.07, 6.45) is 12.4. The Bertz CT molecular complexity index is 876. The molecule has 0 unspecified atom stereocenters. The molecule has 2 fully saturated rings. The van der Waals surface area contributed by atoms with E-state index in [1.807, 2.05) is 35.8 Å². The van der Waals surface area contributed by atoms with Crippen LogP contribution in [0.25, 0.3) is 11.0 Å². The van der Waals surface area contributed by atoms with Crippen LogP contribution in [-0.4, -0.2) is 38.3 Å². The summed E-state index contributed by atoms with van der Waals surface area (Å²) < 4.78 is 2.02. The number of carbonyl (C=O) groups excluding carboxylic acids is 2. The lowest BCUT2D eigenvalue weighted by molar-refractivity contribution is -0.138. The maximum atomic E-state index is 13.8. The summed E-state index contributed by atoms with van der Waals surface area (Å²) in [5, 5.41) is 2.93. The molecule has 1 aromatic heterocycles. The van der Waals surface area contributed by atoms with Crippen LogP contribution in [0.5, 0.6) is 0 Å². The molecule has 6 heteroatoms. The van der Waals surface area contributed by atoms with Crippen molar-refractivity contribution in [1.82, 2.24) is 19.8 Å². The summed E-state index contributed by atoms with van der Waals surface area (Å²) in [6.45, 7) is 2.49. The molecule has 2 aromatic rings. The molecule has 0 saturated heterocycles. The van der Waals surface area contributed by atoms with Crippen molar-refractivity contribution in [2.24, 2.45) is 0 Å². The second-order valence-corrected chi connectivity index (χ2v) is 9.12. The SMILES string of the molecule is CCC(=O)NCc1nc2ccccc2n1CC(=O)N(C1CCCCC1)C1CCCCC1. The summed E-state index contributed by atoms with van der Waals surface area (Å²) in [5.41, 5.74) is 1.83. The second-order valence-electron chi connectivity index (χ2n) is 9.12. The molecule has 0 radical (unpaired) electrons. The minimum atomic E-state index is -0.00373. The Hall–Kier alpha value is -2.37. The first-order valence-electron chi connectivity index (χ1n) is 12.2. The standard InChI is InChI=1S/C25H36N4O2/c1-2-24(30)26-17-23-27-21-15-9-10-16-22(21)28(23)18-25(31)29(19-11-5-3-6-12-19)20-13-7-4-8-14-20/h9-10,15-16,19-20H,2-8,11-14,17-18H2,1H3,(H,26,30). The molecule has 1 N–H and O–H groups in total. The minimum Gasteiger partial charge on any atom is -0.349 e. The number of amides is 2. The maximum absolute atomic E-state index is 13.8. The monoisotopic (exact) mass is 424 g/mol. The summed E-state index contributed by atoms with van der Waals surface area (Å²) in [4.78, 5) is 32.6. The molecule has 2 aliphatic rings. The molecule has 31 heavy (non-hydrogen) atoms. The van der Waals surface area contributed by atoms with E-state index in [4.69, 9.17) is 4.98 Å². The zero-order chi connectivity index (χ0) is 21.6. The van der Waals surface area contributed by atoms with Crippen molar-refractivity contribution in [2.45, 2.75) is 103 Å². The van der Waals surface area contributed by atoms with Gasteiger partial charge in [-0.05, 0) is 37.8 Å². The lowest BCUT2D eigenvalue weighted by atomic mass is 9.88. The Morgan fingerprint density at radius 1 is 1.00 bits per heavy atom. The van der Waals surface area contributed by atoms with Gasteiger partial charge in [-0.3, -0.25) is 9.59 Å². The Morgan fingerprint density at radius 2 is 1.61 bits per heavy atom. The van der Waals surface area contributed by atoms with Gasteiger partial charge in [0, 0.05) is 18.5 Å². The minimum absolute atomic E-state index is 0.00373. The Balaban J connectivity index is 1.60. The molecule has 0 aliphatic heterocycles. The van der Waals surface area contributed by atoms with Crippen molar-refractivity contribution in [3.8, 4) is 0 Å². The number of carbonyl (C=O) groups is 2. The molecule has 0 spiro atoms. The van der Waals surface area contributed by atoms with Gasteiger partial charge in [0.05, 0.1) is 17.6 Å². The fourth-order valence-corrected chi connectivity index (χ4v) is 5.38. The van der Waals surface area contributed by atoms with Gasteiger partial charge in [0.1, 0.15) is 12.4 Å². The largest absolute Gasteiger partial charge is 0.349 e. The number of aromatic nitrogens is 2. The van der Waals surface area contributed by atoms with Gasteiger partial charge < -0.3 is 14.8 Å². The summed E-state index contributed by atoms with van der Waals surface area (Å²) >= 11 is 0. The smallest absolute Gasteiger partial charge is 0.243 e. The summed E-state index contributed by atoms with van der Waals surface area (Å²) in [7, 11) is 0. The van der Waals surface area contributed by atoms with Crippen molar-refractivity contribution in [2.75, 3.05) is 0 Å². The first-order valence-corrected chi connectivity index (χ1v) is 12.2. The van der Waals surface area contributed by atoms with Crippen LogP contribution in [0.1, 0.15) is 83.4 Å².